The van der Waals surface area contributed by atoms with Gasteiger partial charge in [-0.2, -0.15) is 15.2 Å². The van der Waals surface area contributed by atoms with Gasteiger partial charge >= 0.3 is 0 Å². The Labute approximate surface area is 148 Å². The number of aromatic nitrogens is 6. The van der Waals surface area contributed by atoms with E-state index >= 15 is 0 Å². The molecule has 0 unspecified atom stereocenters. The predicted molar refractivity (Wildman–Crippen MR) is 92.7 cm³/mol. The smallest absolute Gasteiger partial charge is 0.240 e. The zero-order chi connectivity index (χ0) is 18.1. The second-order valence-electron chi connectivity index (χ2n) is 5.79. The molecule has 0 bridgehead atoms. The summed E-state index contributed by atoms with van der Waals surface area (Å²) in [5.74, 6) is 1.63. The van der Waals surface area contributed by atoms with E-state index in [0.29, 0.717) is 23.7 Å². The molecule has 0 radical (unpaired) electrons. The second-order valence-corrected chi connectivity index (χ2v) is 5.79. The minimum Gasteiger partial charge on any atom is -0.480 e. The molecule has 3 N–H and O–H groups in total. The van der Waals surface area contributed by atoms with E-state index in [1.165, 1.54) is 13.3 Å². The van der Waals surface area contributed by atoms with Crippen LogP contribution in [-0.4, -0.2) is 55.8 Å². The Balaban J connectivity index is 1.51. The molecule has 0 aliphatic carbocycles. The number of methoxy groups -OCH3 is 1. The van der Waals surface area contributed by atoms with Crippen molar-refractivity contribution in [3.63, 3.8) is 0 Å². The number of nitrogen functional groups attached to an aromatic ring is 1. The summed E-state index contributed by atoms with van der Waals surface area (Å²) in [5.41, 5.74) is 6.61. The molecule has 11 nitrogen and oxygen atoms in total. The Morgan fingerprint density at radius 1 is 1.38 bits per heavy atom. The van der Waals surface area contributed by atoms with Crippen LogP contribution in [0.4, 0.5) is 17.7 Å². The van der Waals surface area contributed by atoms with Crippen LogP contribution in [0.2, 0.25) is 0 Å². The lowest BCUT2D eigenvalue weighted by molar-refractivity contribution is 0.396. The molecule has 1 saturated heterocycles. The second kappa shape index (κ2) is 6.32. The predicted octanol–water partition coefficient (Wildman–Crippen LogP) is 0.0676. The molecule has 0 saturated carbocycles. The third-order valence-electron chi connectivity index (χ3n) is 4.14. The maximum atomic E-state index is 9.01. The first-order valence-corrected chi connectivity index (χ1v) is 7.97. The third-order valence-corrected chi connectivity index (χ3v) is 4.14. The molecule has 0 aromatic carbocycles. The van der Waals surface area contributed by atoms with Gasteiger partial charge in [0.1, 0.15) is 11.6 Å². The normalized spacial score (nSPS) is 16.6. The molecule has 0 amide bonds. The van der Waals surface area contributed by atoms with E-state index in [2.05, 4.69) is 35.3 Å². The van der Waals surface area contributed by atoms with Crippen molar-refractivity contribution >= 4 is 23.4 Å². The lowest BCUT2D eigenvalue weighted by Gasteiger charge is -2.18. The number of hydrogen-bond acceptors (Lipinski definition) is 10. The number of ether oxygens (including phenoxy) is 1. The van der Waals surface area contributed by atoms with Crippen LogP contribution in [0.3, 0.4) is 0 Å². The highest BCUT2D eigenvalue weighted by molar-refractivity contribution is 5.65. The van der Waals surface area contributed by atoms with Crippen molar-refractivity contribution in [3.8, 4) is 11.9 Å². The summed E-state index contributed by atoms with van der Waals surface area (Å²) in [6, 6.07) is 2.12. The summed E-state index contributed by atoms with van der Waals surface area (Å²) >= 11 is 0. The standard InChI is InChI=1S/C15H16N10O/c1-26-13-9(6-16)7-19-15(22-13)20-10-2-4-24(8-10)11-12-21-14(17)23-25(12)5-3-18-11/h3,5,7,10H,2,4,8H2,1H3,(H2,17,23)(H,19,20,22)/t10-/m1/s1. The van der Waals surface area contributed by atoms with Crippen LogP contribution in [0.15, 0.2) is 18.6 Å². The van der Waals surface area contributed by atoms with E-state index in [0.717, 1.165) is 18.8 Å². The number of nitriles is 1. The van der Waals surface area contributed by atoms with E-state index in [4.69, 9.17) is 15.7 Å². The molecule has 3 aromatic heterocycles. The fraction of sp³-hybridized carbons (Fsp3) is 0.333. The highest BCUT2D eigenvalue weighted by Crippen LogP contribution is 2.24. The summed E-state index contributed by atoms with van der Waals surface area (Å²) in [7, 11) is 1.47. The Hall–Kier alpha value is -3.68. The Morgan fingerprint density at radius 2 is 2.27 bits per heavy atom. The first kappa shape index (κ1) is 15.8. The largest absolute Gasteiger partial charge is 0.480 e. The third kappa shape index (κ3) is 2.77. The molecule has 4 heterocycles. The number of nitrogens with one attached hydrogen (secondary N) is 1. The highest BCUT2D eigenvalue weighted by atomic mass is 16.5. The SMILES string of the molecule is COc1nc(N[C@@H]2CCN(c3nccn4nc(N)nc34)C2)ncc1C#N. The van der Waals surface area contributed by atoms with Crippen LogP contribution in [0.25, 0.3) is 5.65 Å². The van der Waals surface area contributed by atoms with Gasteiger partial charge in [-0.15, -0.1) is 5.10 Å². The van der Waals surface area contributed by atoms with Crippen molar-refractivity contribution < 1.29 is 4.74 Å². The number of hydrogen-bond donors (Lipinski definition) is 2. The first-order valence-electron chi connectivity index (χ1n) is 7.97. The van der Waals surface area contributed by atoms with Gasteiger partial charge in [-0.25, -0.2) is 14.5 Å². The van der Waals surface area contributed by atoms with Crippen LogP contribution < -0.4 is 20.7 Å². The summed E-state index contributed by atoms with van der Waals surface area (Å²) in [6.45, 7) is 1.50. The lowest BCUT2D eigenvalue weighted by atomic mass is 10.3. The number of nitrogens with two attached hydrogens (primary N) is 1. The molecule has 1 aliphatic rings. The van der Waals surface area contributed by atoms with Crippen molar-refractivity contribution in [2.75, 3.05) is 36.1 Å². The maximum Gasteiger partial charge on any atom is 0.240 e. The Kier molecular flexibility index (Phi) is 3.85. The molecule has 3 aromatic rings. The van der Waals surface area contributed by atoms with Gasteiger partial charge in [0.25, 0.3) is 0 Å². The van der Waals surface area contributed by atoms with E-state index in [1.54, 1.807) is 16.9 Å². The van der Waals surface area contributed by atoms with Crippen molar-refractivity contribution in [2.45, 2.75) is 12.5 Å². The molecule has 26 heavy (non-hydrogen) atoms. The summed E-state index contributed by atoms with van der Waals surface area (Å²) in [6.07, 6.45) is 5.71. The van der Waals surface area contributed by atoms with Crippen LogP contribution >= 0.6 is 0 Å². The Bertz CT molecular complexity index is 994. The number of nitrogens with zero attached hydrogens (tertiary/aromatic N) is 8. The van der Waals surface area contributed by atoms with E-state index in [9.17, 15) is 0 Å². The number of fused-ring (bicyclic) bond motifs is 1. The van der Waals surface area contributed by atoms with Crippen LogP contribution in [0, 0.1) is 11.3 Å². The molecule has 1 fully saturated rings. The van der Waals surface area contributed by atoms with Gasteiger partial charge in [-0.05, 0) is 6.42 Å². The summed E-state index contributed by atoms with van der Waals surface area (Å²) in [5, 5.41) is 16.4. The fourth-order valence-electron chi connectivity index (χ4n) is 2.97. The van der Waals surface area contributed by atoms with Crippen LogP contribution in [-0.2, 0) is 0 Å². The molecule has 0 spiro atoms. The zero-order valence-electron chi connectivity index (χ0n) is 14.0. The maximum absolute atomic E-state index is 9.01. The first-order chi connectivity index (χ1) is 12.7. The van der Waals surface area contributed by atoms with Crippen LogP contribution in [0.1, 0.15) is 12.0 Å². The highest BCUT2D eigenvalue weighted by Gasteiger charge is 2.26. The van der Waals surface area contributed by atoms with Crippen molar-refractivity contribution in [3.05, 3.63) is 24.2 Å². The minimum atomic E-state index is 0.120. The van der Waals surface area contributed by atoms with Gasteiger partial charge < -0.3 is 20.7 Å². The number of rotatable bonds is 4. The van der Waals surface area contributed by atoms with Gasteiger partial charge in [0.2, 0.25) is 17.8 Å². The topological polar surface area (TPSA) is 143 Å². The van der Waals surface area contributed by atoms with Gasteiger partial charge in [-0.1, -0.05) is 0 Å². The monoisotopic (exact) mass is 352 g/mol. The van der Waals surface area contributed by atoms with Crippen molar-refractivity contribution in [2.24, 2.45) is 0 Å². The average Bonchev–Trinajstić information content (AvgIpc) is 3.26. The van der Waals surface area contributed by atoms with E-state index < -0.39 is 0 Å². The molecule has 1 aliphatic heterocycles. The lowest BCUT2D eigenvalue weighted by Crippen LogP contribution is -2.27. The van der Waals surface area contributed by atoms with Gasteiger partial charge in [0, 0.05) is 31.5 Å². The quantitative estimate of drug-likeness (QED) is 0.661. The minimum absolute atomic E-state index is 0.120. The molecular formula is C15H16N10O. The molecular weight excluding hydrogens is 336 g/mol. The zero-order valence-corrected chi connectivity index (χ0v) is 14.0. The molecule has 132 valence electrons. The molecule has 11 heteroatoms. The van der Waals surface area contributed by atoms with Gasteiger partial charge in [-0.3, -0.25) is 0 Å². The number of anilines is 3. The van der Waals surface area contributed by atoms with Gasteiger partial charge in [0.15, 0.2) is 11.5 Å². The summed E-state index contributed by atoms with van der Waals surface area (Å²) in [4.78, 5) is 19.2. The molecule has 1 atom stereocenters. The average molecular weight is 352 g/mol. The van der Waals surface area contributed by atoms with E-state index in [1.807, 2.05) is 6.07 Å². The fourth-order valence-corrected chi connectivity index (χ4v) is 2.97. The van der Waals surface area contributed by atoms with Crippen molar-refractivity contribution in [1.29, 1.82) is 5.26 Å². The van der Waals surface area contributed by atoms with Crippen molar-refractivity contribution in [1.82, 2.24) is 29.5 Å². The van der Waals surface area contributed by atoms with E-state index in [-0.39, 0.29) is 17.9 Å². The van der Waals surface area contributed by atoms with Gasteiger partial charge in [0.05, 0.1) is 13.3 Å². The summed E-state index contributed by atoms with van der Waals surface area (Å²) < 4.78 is 6.74. The van der Waals surface area contributed by atoms with Crippen LogP contribution in [0.5, 0.6) is 5.88 Å². The Morgan fingerprint density at radius 3 is 3.08 bits per heavy atom. The molecule has 4 rings (SSSR count).